The number of rotatable bonds is 8. The Morgan fingerprint density at radius 3 is 2.60 bits per heavy atom. The van der Waals surface area contributed by atoms with Crippen molar-refractivity contribution in [2.45, 2.75) is 38.0 Å². The molecule has 1 aromatic carbocycles. The zero-order chi connectivity index (χ0) is 18.0. The lowest BCUT2D eigenvalue weighted by Gasteiger charge is -2.22. The molecule has 7 heteroatoms. The van der Waals surface area contributed by atoms with Gasteiger partial charge in [0, 0.05) is 0 Å². The molecule has 1 saturated heterocycles. The summed E-state index contributed by atoms with van der Waals surface area (Å²) in [5.74, 6) is 0.715. The van der Waals surface area contributed by atoms with Crippen molar-refractivity contribution in [3.8, 4) is 5.75 Å². The number of ether oxygens (including phenoxy) is 2. The average Bonchev–Trinajstić information content (AvgIpc) is 3.42. The largest absolute Gasteiger partial charge is 0.497 e. The van der Waals surface area contributed by atoms with Crippen LogP contribution in [0.4, 0.5) is 4.79 Å². The van der Waals surface area contributed by atoms with E-state index in [-0.39, 0.29) is 25.0 Å². The molecule has 0 radical (unpaired) electrons. The number of imide groups is 1. The van der Waals surface area contributed by atoms with E-state index in [1.54, 1.807) is 14.0 Å². The van der Waals surface area contributed by atoms with Gasteiger partial charge in [0.15, 0.2) is 0 Å². The van der Waals surface area contributed by atoms with Crippen LogP contribution in [0.2, 0.25) is 0 Å². The number of methoxy groups -OCH3 is 1. The van der Waals surface area contributed by atoms with Crippen LogP contribution in [0.5, 0.6) is 5.75 Å². The van der Waals surface area contributed by atoms with Crippen LogP contribution in [0.3, 0.4) is 0 Å². The SMILES string of the molecule is COc1ccc(COC[C@H](O)CN2C(=O)N[C@](C)(C3CC3)C2=O)cc1. The third kappa shape index (κ3) is 3.77. The van der Waals surface area contributed by atoms with E-state index in [4.69, 9.17) is 9.47 Å². The number of urea groups is 1. The molecule has 1 saturated carbocycles. The maximum atomic E-state index is 12.5. The molecule has 0 aromatic heterocycles. The predicted octanol–water partition coefficient (Wildman–Crippen LogP) is 1.29. The Balaban J connectivity index is 1.46. The number of hydrogen-bond acceptors (Lipinski definition) is 5. The van der Waals surface area contributed by atoms with Crippen LogP contribution in [0.15, 0.2) is 24.3 Å². The van der Waals surface area contributed by atoms with Gasteiger partial charge in [-0.15, -0.1) is 0 Å². The predicted molar refractivity (Wildman–Crippen MR) is 90.0 cm³/mol. The highest BCUT2D eigenvalue weighted by atomic mass is 16.5. The molecule has 25 heavy (non-hydrogen) atoms. The molecular formula is C18H24N2O5. The normalized spacial score (nSPS) is 24.4. The highest BCUT2D eigenvalue weighted by Gasteiger charge is 2.56. The summed E-state index contributed by atoms with van der Waals surface area (Å²) in [7, 11) is 1.60. The summed E-state index contributed by atoms with van der Waals surface area (Å²) < 4.78 is 10.6. The first kappa shape index (κ1) is 17.7. The number of β-amino-alcohol motifs (C(OH)–C–C–N with tert-alkyl or cyclic N) is 1. The minimum atomic E-state index is -0.922. The lowest BCUT2D eigenvalue weighted by Crippen LogP contribution is -2.46. The second kappa shape index (κ2) is 7.01. The second-order valence-electron chi connectivity index (χ2n) is 6.84. The molecule has 136 valence electrons. The molecule has 1 aromatic rings. The highest BCUT2D eigenvalue weighted by Crippen LogP contribution is 2.42. The summed E-state index contributed by atoms with van der Waals surface area (Å²) in [5, 5.41) is 12.9. The van der Waals surface area contributed by atoms with Gasteiger partial charge in [0.05, 0.1) is 33.0 Å². The van der Waals surface area contributed by atoms with Crippen molar-refractivity contribution in [2.75, 3.05) is 20.3 Å². The van der Waals surface area contributed by atoms with Gasteiger partial charge in [-0.25, -0.2) is 4.79 Å². The average molecular weight is 348 g/mol. The number of aliphatic hydroxyl groups excluding tert-OH is 1. The fourth-order valence-corrected chi connectivity index (χ4v) is 3.12. The van der Waals surface area contributed by atoms with Crippen molar-refractivity contribution in [2.24, 2.45) is 5.92 Å². The topological polar surface area (TPSA) is 88.1 Å². The van der Waals surface area contributed by atoms with Crippen molar-refractivity contribution in [1.29, 1.82) is 0 Å². The monoisotopic (exact) mass is 348 g/mol. The van der Waals surface area contributed by atoms with Crippen LogP contribution < -0.4 is 10.1 Å². The molecule has 2 fully saturated rings. The van der Waals surface area contributed by atoms with E-state index >= 15 is 0 Å². The summed E-state index contributed by atoms with van der Waals surface area (Å²) in [5.41, 5.74) is 0.130. The number of amides is 3. The summed E-state index contributed by atoms with van der Waals surface area (Å²) in [4.78, 5) is 25.6. The molecule has 7 nitrogen and oxygen atoms in total. The fraction of sp³-hybridized carbons (Fsp3) is 0.556. The fourth-order valence-electron chi connectivity index (χ4n) is 3.12. The van der Waals surface area contributed by atoms with Crippen molar-refractivity contribution in [3.63, 3.8) is 0 Å². The van der Waals surface area contributed by atoms with E-state index < -0.39 is 17.7 Å². The third-order valence-corrected chi connectivity index (χ3v) is 4.83. The number of aliphatic hydroxyl groups is 1. The van der Waals surface area contributed by atoms with Gasteiger partial charge in [0.25, 0.3) is 5.91 Å². The Hall–Kier alpha value is -2.12. The number of carbonyl (C=O) groups excluding carboxylic acids is 2. The number of hydrogen-bond donors (Lipinski definition) is 2. The van der Waals surface area contributed by atoms with Crippen LogP contribution in [-0.4, -0.2) is 53.8 Å². The molecule has 0 unspecified atom stereocenters. The zero-order valence-electron chi connectivity index (χ0n) is 14.5. The van der Waals surface area contributed by atoms with E-state index in [0.717, 1.165) is 29.1 Å². The number of benzene rings is 1. The molecule has 0 bridgehead atoms. The number of carbonyl (C=O) groups is 2. The van der Waals surface area contributed by atoms with Crippen molar-refractivity contribution in [3.05, 3.63) is 29.8 Å². The molecule has 2 aliphatic rings. The molecule has 1 aliphatic carbocycles. The summed E-state index contributed by atoms with van der Waals surface area (Å²) >= 11 is 0. The Kier molecular flexibility index (Phi) is 4.96. The Morgan fingerprint density at radius 1 is 1.32 bits per heavy atom. The molecule has 2 N–H and O–H groups in total. The van der Waals surface area contributed by atoms with Crippen LogP contribution in [0, 0.1) is 5.92 Å². The minimum Gasteiger partial charge on any atom is -0.497 e. The quantitative estimate of drug-likeness (QED) is 0.691. The second-order valence-corrected chi connectivity index (χ2v) is 6.84. The van der Waals surface area contributed by atoms with E-state index in [9.17, 15) is 14.7 Å². The van der Waals surface area contributed by atoms with E-state index in [1.165, 1.54) is 0 Å². The van der Waals surface area contributed by atoms with Crippen LogP contribution in [0.1, 0.15) is 25.3 Å². The molecular weight excluding hydrogens is 324 g/mol. The van der Waals surface area contributed by atoms with Gasteiger partial charge in [0.1, 0.15) is 11.3 Å². The first-order valence-corrected chi connectivity index (χ1v) is 8.47. The van der Waals surface area contributed by atoms with Gasteiger partial charge in [-0.05, 0) is 43.4 Å². The number of nitrogens with zero attached hydrogens (tertiary/aromatic N) is 1. The van der Waals surface area contributed by atoms with E-state index in [0.29, 0.717) is 6.61 Å². The van der Waals surface area contributed by atoms with Gasteiger partial charge < -0.3 is 19.9 Å². The smallest absolute Gasteiger partial charge is 0.325 e. The lowest BCUT2D eigenvalue weighted by atomic mass is 9.96. The first-order chi connectivity index (χ1) is 11.9. The van der Waals surface area contributed by atoms with Gasteiger partial charge in [-0.2, -0.15) is 0 Å². The molecule has 0 spiro atoms. The zero-order valence-corrected chi connectivity index (χ0v) is 14.5. The van der Waals surface area contributed by atoms with Crippen LogP contribution in [-0.2, 0) is 16.1 Å². The maximum absolute atomic E-state index is 12.5. The van der Waals surface area contributed by atoms with Crippen LogP contribution in [0.25, 0.3) is 0 Å². The van der Waals surface area contributed by atoms with Crippen molar-refractivity contribution in [1.82, 2.24) is 10.2 Å². The van der Waals surface area contributed by atoms with E-state index in [2.05, 4.69) is 5.32 Å². The molecule has 3 amide bonds. The minimum absolute atomic E-state index is 0.0449. The van der Waals surface area contributed by atoms with Gasteiger partial charge >= 0.3 is 6.03 Å². The molecule has 2 atom stereocenters. The lowest BCUT2D eigenvalue weighted by molar-refractivity contribution is -0.132. The van der Waals surface area contributed by atoms with E-state index in [1.807, 2.05) is 24.3 Å². The summed E-state index contributed by atoms with van der Waals surface area (Å²) in [6.45, 7) is 2.08. The Labute approximate surface area is 146 Å². The Morgan fingerprint density at radius 2 is 2.00 bits per heavy atom. The molecule has 3 rings (SSSR count). The molecule has 1 heterocycles. The Bertz CT molecular complexity index is 643. The van der Waals surface area contributed by atoms with Crippen molar-refractivity contribution < 1.29 is 24.2 Å². The van der Waals surface area contributed by atoms with Gasteiger partial charge in [-0.3, -0.25) is 9.69 Å². The number of nitrogens with one attached hydrogen (secondary N) is 1. The van der Waals surface area contributed by atoms with Gasteiger partial charge in [-0.1, -0.05) is 12.1 Å². The highest BCUT2D eigenvalue weighted by molar-refractivity contribution is 6.07. The maximum Gasteiger partial charge on any atom is 0.325 e. The van der Waals surface area contributed by atoms with Crippen LogP contribution >= 0.6 is 0 Å². The third-order valence-electron chi connectivity index (χ3n) is 4.83. The van der Waals surface area contributed by atoms with Crippen molar-refractivity contribution >= 4 is 11.9 Å². The first-order valence-electron chi connectivity index (χ1n) is 8.47. The summed E-state index contributed by atoms with van der Waals surface area (Å²) in [6, 6.07) is 6.99. The van der Waals surface area contributed by atoms with Gasteiger partial charge in [0.2, 0.25) is 0 Å². The standard InChI is InChI=1S/C18H24N2O5/c1-18(13-5-6-13)16(22)20(17(23)19-18)9-14(21)11-25-10-12-3-7-15(24-2)8-4-12/h3-4,7-8,13-14,21H,5-6,9-11H2,1-2H3,(H,19,23)/t14-,18-/m1/s1. The summed E-state index contributed by atoms with van der Waals surface area (Å²) in [6.07, 6.45) is 0.975. The molecule has 1 aliphatic heterocycles.